The highest BCUT2D eigenvalue weighted by atomic mass is 16.5. The summed E-state index contributed by atoms with van der Waals surface area (Å²) in [4.78, 5) is 35.7. The first kappa shape index (κ1) is 18.2. The number of para-hydroxylation sites is 2. The topological polar surface area (TPSA) is 84.5 Å². The maximum atomic E-state index is 12.1. The van der Waals surface area contributed by atoms with Gasteiger partial charge in [0.25, 0.3) is 5.91 Å². The highest BCUT2D eigenvalue weighted by Gasteiger charge is 2.12. The summed E-state index contributed by atoms with van der Waals surface area (Å²) in [6, 6.07) is 13.7. The van der Waals surface area contributed by atoms with Crippen molar-refractivity contribution in [2.24, 2.45) is 0 Å². The van der Waals surface area contributed by atoms with Gasteiger partial charge in [-0.05, 0) is 31.2 Å². The van der Waals surface area contributed by atoms with Crippen molar-refractivity contribution in [2.45, 2.75) is 13.3 Å². The molecular formula is C19H20N2O4. The number of Topliss-reactive ketones (excluding diaryl/α,β-unsaturated/α-hetero) is 1. The van der Waals surface area contributed by atoms with Crippen LogP contribution in [-0.4, -0.2) is 31.3 Å². The van der Waals surface area contributed by atoms with Crippen molar-refractivity contribution in [1.82, 2.24) is 5.32 Å². The molecule has 0 fully saturated rings. The number of benzene rings is 2. The summed E-state index contributed by atoms with van der Waals surface area (Å²) in [6.07, 6.45) is 0.0904. The van der Waals surface area contributed by atoms with Gasteiger partial charge in [-0.2, -0.15) is 0 Å². The summed E-state index contributed by atoms with van der Waals surface area (Å²) in [5.74, 6) is -0.247. The molecule has 0 saturated carbocycles. The predicted octanol–water partition coefficient (Wildman–Crippen LogP) is 2.66. The molecule has 0 heterocycles. The molecule has 0 aliphatic rings. The second kappa shape index (κ2) is 8.63. The van der Waals surface area contributed by atoms with Gasteiger partial charge in [-0.1, -0.05) is 24.3 Å². The smallest absolute Gasteiger partial charge is 0.255 e. The first-order valence-electron chi connectivity index (χ1n) is 7.84. The third kappa shape index (κ3) is 4.91. The number of rotatable bonds is 7. The first-order chi connectivity index (χ1) is 12.0. The molecule has 0 aliphatic heterocycles. The van der Waals surface area contributed by atoms with Crippen LogP contribution in [0.4, 0.5) is 5.69 Å². The zero-order valence-corrected chi connectivity index (χ0v) is 14.2. The molecule has 130 valence electrons. The van der Waals surface area contributed by atoms with Crippen LogP contribution in [0.5, 0.6) is 5.75 Å². The summed E-state index contributed by atoms with van der Waals surface area (Å²) in [5, 5.41) is 5.37. The van der Waals surface area contributed by atoms with E-state index >= 15 is 0 Å². The summed E-state index contributed by atoms with van der Waals surface area (Å²) in [5.41, 5.74) is 1.33. The molecule has 0 bridgehead atoms. The van der Waals surface area contributed by atoms with E-state index in [-0.39, 0.29) is 30.6 Å². The second-order valence-electron chi connectivity index (χ2n) is 5.36. The number of ether oxygens (including phenoxy) is 1. The highest BCUT2D eigenvalue weighted by molar-refractivity contribution is 6.03. The number of ketones is 1. The number of hydrogen-bond donors (Lipinski definition) is 2. The Morgan fingerprint density at radius 3 is 2.28 bits per heavy atom. The van der Waals surface area contributed by atoms with Gasteiger partial charge in [0.05, 0.1) is 18.4 Å². The Balaban J connectivity index is 1.89. The van der Waals surface area contributed by atoms with Crippen molar-refractivity contribution in [3.8, 4) is 5.75 Å². The number of nitrogens with one attached hydrogen (secondary N) is 2. The van der Waals surface area contributed by atoms with E-state index in [0.717, 1.165) is 0 Å². The molecule has 0 aliphatic carbocycles. The minimum absolute atomic E-state index is 0.0904. The van der Waals surface area contributed by atoms with Crippen LogP contribution in [0.15, 0.2) is 48.5 Å². The van der Waals surface area contributed by atoms with Crippen LogP contribution in [0.3, 0.4) is 0 Å². The minimum Gasteiger partial charge on any atom is -0.496 e. The normalized spacial score (nSPS) is 10.0. The van der Waals surface area contributed by atoms with E-state index in [2.05, 4.69) is 10.6 Å². The summed E-state index contributed by atoms with van der Waals surface area (Å²) >= 11 is 0. The van der Waals surface area contributed by atoms with Crippen LogP contribution < -0.4 is 15.4 Å². The standard InChI is InChI=1S/C19H20N2O4/c1-13(22)14-7-3-5-9-16(14)21-18(23)11-12-20-19(24)15-8-4-6-10-17(15)25-2/h3-10H,11-12H2,1-2H3,(H,20,24)(H,21,23). The van der Waals surface area contributed by atoms with E-state index in [1.54, 1.807) is 48.5 Å². The number of carbonyl (C=O) groups excluding carboxylic acids is 3. The fourth-order valence-corrected chi connectivity index (χ4v) is 2.33. The quantitative estimate of drug-likeness (QED) is 0.759. The molecule has 2 amide bonds. The van der Waals surface area contributed by atoms with E-state index in [1.807, 2.05) is 0 Å². The van der Waals surface area contributed by atoms with Gasteiger partial charge >= 0.3 is 0 Å². The second-order valence-corrected chi connectivity index (χ2v) is 5.36. The van der Waals surface area contributed by atoms with Gasteiger partial charge in [0, 0.05) is 18.5 Å². The molecule has 0 atom stereocenters. The van der Waals surface area contributed by atoms with Crippen molar-refractivity contribution in [3.63, 3.8) is 0 Å². The van der Waals surface area contributed by atoms with E-state index in [9.17, 15) is 14.4 Å². The van der Waals surface area contributed by atoms with Crippen molar-refractivity contribution in [3.05, 3.63) is 59.7 Å². The monoisotopic (exact) mass is 340 g/mol. The van der Waals surface area contributed by atoms with Crippen LogP contribution in [0.25, 0.3) is 0 Å². The van der Waals surface area contributed by atoms with Gasteiger partial charge in [0.15, 0.2) is 5.78 Å². The van der Waals surface area contributed by atoms with Crippen LogP contribution in [0, 0.1) is 0 Å². The van der Waals surface area contributed by atoms with Crippen molar-refractivity contribution in [1.29, 1.82) is 0 Å². The van der Waals surface area contributed by atoms with Gasteiger partial charge in [-0.15, -0.1) is 0 Å². The van der Waals surface area contributed by atoms with Crippen LogP contribution in [0.2, 0.25) is 0 Å². The lowest BCUT2D eigenvalue weighted by atomic mass is 10.1. The molecule has 0 unspecified atom stereocenters. The number of methoxy groups -OCH3 is 1. The Morgan fingerprint density at radius 2 is 1.60 bits per heavy atom. The van der Waals surface area contributed by atoms with Gasteiger partial charge in [-0.3, -0.25) is 14.4 Å². The summed E-state index contributed by atoms with van der Waals surface area (Å²) in [6.45, 7) is 1.61. The van der Waals surface area contributed by atoms with E-state index in [4.69, 9.17) is 4.74 Å². The molecule has 0 radical (unpaired) electrons. The summed E-state index contributed by atoms with van der Waals surface area (Å²) in [7, 11) is 1.49. The van der Waals surface area contributed by atoms with E-state index < -0.39 is 0 Å². The maximum Gasteiger partial charge on any atom is 0.255 e. The largest absolute Gasteiger partial charge is 0.496 e. The predicted molar refractivity (Wildman–Crippen MR) is 95.0 cm³/mol. The Labute approximate surface area is 146 Å². The van der Waals surface area contributed by atoms with Gasteiger partial charge < -0.3 is 15.4 Å². The Morgan fingerprint density at radius 1 is 0.960 bits per heavy atom. The minimum atomic E-state index is -0.311. The third-order valence-electron chi connectivity index (χ3n) is 3.57. The maximum absolute atomic E-state index is 12.1. The fourth-order valence-electron chi connectivity index (χ4n) is 2.33. The summed E-state index contributed by atoms with van der Waals surface area (Å²) < 4.78 is 5.14. The zero-order chi connectivity index (χ0) is 18.2. The number of anilines is 1. The Kier molecular flexibility index (Phi) is 6.28. The molecular weight excluding hydrogens is 320 g/mol. The molecule has 0 aromatic heterocycles. The van der Waals surface area contributed by atoms with Crippen LogP contribution >= 0.6 is 0 Å². The van der Waals surface area contributed by atoms with Crippen molar-refractivity contribution in [2.75, 3.05) is 19.0 Å². The van der Waals surface area contributed by atoms with Gasteiger partial charge in [-0.25, -0.2) is 0 Å². The Bertz CT molecular complexity index is 786. The third-order valence-corrected chi connectivity index (χ3v) is 3.57. The lowest BCUT2D eigenvalue weighted by Gasteiger charge is -2.10. The molecule has 2 aromatic carbocycles. The number of carbonyl (C=O) groups is 3. The average Bonchev–Trinajstić information content (AvgIpc) is 2.61. The average molecular weight is 340 g/mol. The molecule has 2 N–H and O–H groups in total. The van der Waals surface area contributed by atoms with Crippen LogP contribution in [-0.2, 0) is 4.79 Å². The molecule has 0 saturated heterocycles. The van der Waals surface area contributed by atoms with Crippen molar-refractivity contribution < 1.29 is 19.1 Å². The lowest BCUT2D eigenvalue weighted by molar-refractivity contribution is -0.116. The molecule has 6 heteroatoms. The molecule has 6 nitrogen and oxygen atoms in total. The van der Waals surface area contributed by atoms with Gasteiger partial charge in [0.2, 0.25) is 5.91 Å². The van der Waals surface area contributed by atoms with Crippen LogP contribution in [0.1, 0.15) is 34.1 Å². The highest BCUT2D eigenvalue weighted by Crippen LogP contribution is 2.17. The number of hydrogen-bond acceptors (Lipinski definition) is 4. The zero-order valence-electron chi connectivity index (χ0n) is 14.2. The van der Waals surface area contributed by atoms with Crippen molar-refractivity contribution >= 4 is 23.3 Å². The Hall–Kier alpha value is -3.15. The molecule has 2 rings (SSSR count). The van der Waals surface area contributed by atoms with E-state index in [1.165, 1.54) is 14.0 Å². The SMILES string of the molecule is COc1ccccc1C(=O)NCCC(=O)Nc1ccccc1C(C)=O. The molecule has 25 heavy (non-hydrogen) atoms. The number of amides is 2. The van der Waals surface area contributed by atoms with Gasteiger partial charge in [0.1, 0.15) is 5.75 Å². The molecule has 0 spiro atoms. The molecule has 2 aromatic rings. The lowest BCUT2D eigenvalue weighted by Crippen LogP contribution is -2.28. The van der Waals surface area contributed by atoms with E-state index in [0.29, 0.717) is 22.6 Å². The fraction of sp³-hybridized carbons (Fsp3) is 0.211. The first-order valence-corrected chi connectivity index (χ1v) is 7.84.